The van der Waals surface area contributed by atoms with E-state index in [1.165, 1.54) is 0 Å². The topological polar surface area (TPSA) is 65.1 Å². The second-order valence-electron chi connectivity index (χ2n) is 3.69. The monoisotopic (exact) mass is 392 g/mol. The third-order valence-corrected chi connectivity index (χ3v) is 4.22. The summed E-state index contributed by atoms with van der Waals surface area (Å²) in [6.45, 7) is 1.25. The summed E-state index contributed by atoms with van der Waals surface area (Å²) in [6.07, 6.45) is 0. The van der Waals surface area contributed by atoms with Gasteiger partial charge in [-0.05, 0) is 49.6 Å². The van der Waals surface area contributed by atoms with E-state index in [1.54, 1.807) is 5.38 Å². The Labute approximate surface area is 124 Å². The number of rotatable bonds is 4. The van der Waals surface area contributed by atoms with Gasteiger partial charge in [-0.3, -0.25) is 4.79 Å². The Morgan fingerprint density at radius 2 is 1.94 bits per heavy atom. The summed E-state index contributed by atoms with van der Waals surface area (Å²) >= 11 is 7.73. The number of aromatic hydroxyl groups is 1. The molecule has 2 aromatic rings. The quantitative estimate of drug-likeness (QED) is 0.748. The van der Waals surface area contributed by atoms with Gasteiger partial charge in [-0.1, -0.05) is 11.3 Å². The average Bonchev–Trinajstić information content (AvgIpc) is 2.72. The number of H-pyrrole nitrogens is 1. The molecule has 0 aliphatic carbocycles. The van der Waals surface area contributed by atoms with E-state index < -0.39 is 0 Å². The molecule has 0 bridgehead atoms. The van der Waals surface area contributed by atoms with Crippen LogP contribution in [0.25, 0.3) is 0 Å². The van der Waals surface area contributed by atoms with Gasteiger partial charge in [0.15, 0.2) is 0 Å². The van der Waals surface area contributed by atoms with Crippen LogP contribution in [0, 0.1) is 0 Å². The van der Waals surface area contributed by atoms with Gasteiger partial charge in [-0.2, -0.15) is 0 Å². The lowest BCUT2D eigenvalue weighted by Crippen LogP contribution is -2.13. The van der Waals surface area contributed by atoms with E-state index in [1.807, 2.05) is 12.1 Å². The molecule has 3 N–H and O–H groups in total. The fraction of sp³-hybridized carbons (Fsp3) is 0.182. The molecule has 2 rings (SSSR count). The van der Waals surface area contributed by atoms with Crippen LogP contribution in [-0.2, 0) is 13.1 Å². The van der Waals surface area contributed by atoms with Crippen molar-refractivity contribution in [3.63, 3.8) is 0 Å². The molecule has 0 spiro atoms. The number of hydrogen-bond donors (Lipinski definition) is 3. The summed E-state index contributed by atoms with van der Waals surface area (Å²) in [5.74, 6) is 0.195. The van der Waals surface area contributed by atoms with Crippen molar-refractivity contribution in [1.29, 1.82) is 0 Å². The minimum atomic E-state index is -0.0399. The van der Waals surface area contributed by atoms with Crippen molar-refractivity contribution in [3.8, 4) is 5.75 Å². The molecule has 0 saturated heterocycles. The zero-order chi connectivity index (χ0) is 13.1. The van der Waals surface area contributed by atoms with Crippen LogP contribution < -0.4 is 10.2 Å². The van der Waals surface area contributed by atoms with Crippen molar-refractivity contribution < 1.29 is 5.11 Å². The number of aromatic amines is 1. The molecule has 0 fully saturated rings. The fourth-order valence-electron chi connectivity index (χ4n) is 1.46. The molecule has 0 saturated carbocycles. The maximum atomic E-state index is 10.9. The van der Waals surface area contributed by atoms with Gasteiger partial charge in [0.25, 0.3) is 0 Å². The van der Waals surface area contributed by atoms with Crippen LogP contribution >= 0.6 is 43.2 Å². The van der Waals surface area contributed by atoms with Crippen molar-refractivity contribution in [3.05, 3.63) is 47.4 Å². The molecule has 4 nitrogen and oxygen atoms in total. The largest absolute Gasteiger partial charge is 0.506 e. The third-order valence-electron chi connectivity index (χ3n) is 2.29. The number of phenols is 1. The molecule has 1 aromatic carbocycles. The van der Waals surface area contributed by atoms with Crippen LogP contribution in [-0.4, -0.2) is 10.1 Å². The molecule has 0 amide bonds. The maximum absolute atomic E-state index is 10.9. The van der Waals surface area contributed by atoms with Gasteiger partial charge in [0.05, 0.1) is 8.95 Å². The smallest absolute Gasteiger partial charge is 0.304 e. The van der Waals surface area contributed by atoms with Crippen LogP contribution in [0.15, 0.2) is 31.3 Å². The Bertz CT molecular complexity index is 586. The molecule has 0 atom stereocenters. The first kappa shape index (κ1) is 13.8. The highest BCUT2D eigenvalue weighted by molar-refractivity contribution is 9.11. The van der Waals surface area contributed by atoms with Crippen molar-refractivity contribution >= 4 is 43.2 Å². The minimum absolute atomic E-state index is 0.0399. The van der Waals surface area contributed by atoms with Gasteiger partial charge in [-0.15, -0.1) is 0 Å². The second-order valence-corrected chi connectivity index (χ2v) is 6.24. The highest BCUT2D eigenvalue weighted by Gasteiger charge is 2.05. The summed E-state index contributed by atoms with van der Waals surface area (Å²) in [4.78, 5) is 13.6. The fourth-order valence-corrected chi connectivity index (χ4v) is 3.32. The highest BCUT2D eigenvalue weighted by Crippen LogP contribution is 2.33. The van der Waals surface area contributed by atoms with Crippen LogP contribution in [0.5, 0.6) is 5.75 Å². The summed E-state index contributed by atoms with van der Waals surface area (Å²) in [5, 5.41) is 14.6. The molecular weight excluding hydrogens is 384 g/mol. The minimum Gasteiger partial charge on any atom is -0.506 e. The molecule has 0 aliphatic rings. The summed E-state index contributed by atoms with van der Waals surface area (Å²) in [6, 6.07) is 3.70. The highest BCUT2D eigenvalue weighted by atomic mass is 79.9. The number of halogens is 2. The first-order chi connectivity index (χ1) is 8.56. The molecule has 0 aliphatic heterocycles. The van der Waals surface area contributed by atoms with Crippen LogP contribution in [0.1, 0.15) is 11.3 Å². The normalized spacial score (nSPS) is 10.8. The summed E-state index contributed by atoms with van der Waals surface area (Å²) in [5.41, 5.74) is 1.91. The molecule has 96 valence electrons. The van der Waals surface area contributed by atoms with Gasteiger partial charge in [-0.25, -0.2) is 0 Å². The lowest BCUT2D eigenvalue weighted by atomic mass is 10.2. The van der Waals surface area contributed by atoms with E-state index in [0.29, 0.717) is 22.0 Å². The van der Waals surface area contributed by atoms with E-state index >= 15 is 0 Å². The Hall–Kier alpha value is -0.630. The zero-order valence-corrected chi connectivity index (χ0v) is 13.2. The lowest BCUT2D eigenvalue weighted by molar-refractivity contribution is 0.468. The van der Waals surface area contributed by atoms with Crippen LogP contribution in [0.2, 0.25) is 0 Å². The van der Waals surface area contributed by atoms with E-state index in [2.05, 4.69) is 42.2 Å². The Balaban J connectivity index is 1.96. The van der Waals surface area contributed by atoms with E-state index in [9.17, 15) is 9.90 Å². The molecule has 0 unspecified atom stereocenters. The predicted octanol–water partition coefficient (Wildman–Crippen LogP) is 2.96. The molecular formula is C11H10Br2N2O2S. The lowest BCUT2D eigenvalue weighted by Gasteiger charge is -2.07. The van der Waals surface area contributed by atoms with Crippen molar-refractivity contribution in [2.45, 2.75) is 13.1 Å². The summed E-state index contributed by atoms with van der Waals surface area (Å²) < 4.78 is 1.30. The SMILES string of the molecule is O=c1[nH]c(CNCc2cc(Br)c(O)c(Br)c2)cs1. The molecule has 1 heterocycles. The Morgan fingerprint density at radius 1 is 1.28 bits per heavy atom. The van der Waals surface area contributed by atoms with E-state index in [-0.39, 0.29) is 10.6 Å². The number of phenolic OH excluding ortho intramolecular Hbond substituents is 1. The molecule has 1 aromatic heterocycles. The Kier molecular flexibility index (Phi) is 4.60. The van der Waals surface area contributed by atoms with Gasteiger partial charge < -0.3 is 15.4 Å². The van der Waals surface area contributed by atoms with E-state index in [0.717, 1.165) is 22.6 Å². The van der Waals surface area contributed by atoms with Gasteiger partial charge in [0, 0.05) is 24.2 Å². The molecule has 7 heteroatoms. The van der Waals surface area contributed by atoms with Gasteiger partial charge in [0.2, 0.25) is 0 Å². The first-order valence-corrected chi connectivity index (χ1v) is 7.57. The number of nitrogens with one attached hydrogen (secondary N) is 2. The second kappa shape index (κ2) is 6.01. The number of hydrogen-bond acceptors (Lipinski definition) is 4. The first-order valence-electron chi connectivity index (χ1n) is 5.10. The van der Waals surface area contributed by atoms with Crippen molar-refractivity contribution in [2.24, 2.45) is 0 Å². The number of thiazole rings is 1. The van der Waals surface area contributed by atoms with Crippen molar-refractivity contribution in [2.75, 3.05) is 0 Å². The van der Waals surface area contributed by atoms with Crippen LogP contribution in [0.3, 0.4) is 0 Å². The van der Waals surface area contributed by atoms with Crippen LogP contribution in [0.4, 0.5) is 0 Å². The van der Waals surface area contributed by atoms with Gasteiger partial charge in [0.1, 0.15) is 5.75 Å². The predicted molar refractivity (Wildman–Crippen MR) is 79.0 cm³/mol. The standard InChI is InChI=1S/C11H10Br2N2O2S/c12-8-1-6(2-9(13)10(8)16)3-14-4-7-5-18-11(17)15-7/h1-2,5,14,16H,3-4H2,(H,15,17). The zero-order valence-electron chi connectivity index (χ0n) is 9.17. The third kappa shape index (κ3) is 3.44. The van der Waals surface area contributed by atoms with Crippen molar-refractivity contribution in [1.82, 2.24) is 10.3 Å². The van der Waals surface area contributed by atoms with Gasteiger partial charge >= 0.3 is 4.87 Å². The molecule has 0 radical (unpaired) electrons. The van der Waals surface area contributed by atoms with E-state index in [4.69, 9.17) is 0 Å². The maximum Gasteiger partial charge on any atom is 0.304 e. The average molecular weight is 394 g/mol. The number of aromatic nitrogens is 1. The molecule has 18 heavy (non-hydrogen) atoms. The number of benzene rings is 1. The Morgan fingerprint density at radius 3 is 2.50 bits per heavy atom. The summed E-state index contributed by atoms with van der Waals surface area (Å²) in [7, 11) is 0.